The van der Waals surface area contributed by atoms with Crippen molar-refractivity contribution >= 4 is 17.3 Å². The second kappa shape index (κ2) is 16.5. The number of anilines is 1. The Morgan fingerprint density at radius 2 is 1.29 bits per heavy atom. The maximum atomic E-state index is 13.9. The van der Waals surface area contributed by atoms with E-state index >= 15 is 0 Å². The van der Waals surface area contributed by atoms with E-state index in [4.69, 9.17) is 9.47 Å². The molecule has 0 atom stereocenters. The zero-order valence-corrected chi connectivity index (χ0v) is 24.9. The lowest BCUT2D eigenvalue weighted by atomic mass is 10.0. The number of hydrogen-bond donors (Lipinski definition) is 0. The van der Waals surface area contributed by atoms with Gasteiger partial charge in [-0.15, -0.1) is 0 Å². The van der Waals surface area contributed by atoms with Crippen molar-refractivity contribution in [3.05, 3.63) is 82.4 Å². The second-order valence-electron chi connectivity index (χ2n) is 11.1. The van der Waals surface area contributed by atoms with Gasteiger partial charge in [-0.2, -0.15) is 0 Å². The number of hydrogen-bond acceptors (Lipinski definition) is 5. The molecule has 7 heteroatoms. The van der Waals surface area contributed by atoms with Crippen molar-refractivity contribution in [3.63, 3.8) is 0 Å². The number of unbranched alkanes of at least 4 members (excludes halogenated alkanes) is 13. The van der Waals surface area contributed by atoms with E-state index < -0.39 is 10.8 Å². The van der Waals surface area contributed by atoms with Crippen LogP contribution in [0.2, 0.25) is 0 Å². The van der Waals surface area contributed by atoms with Crippen LogP contribution >= 0.6 is 0 Å². The molecule has 0 unspecified atom stereocenters. The summed E-state index contributed by atoms with van der Waals surface area (Å²) in [5.41, 5.74) is 0.234. The fourth-order valence-electron chi connectivity index (χ4n) is 5.51. The van der Waals surface area contributed by atoms with Gasteiger partial charge in [0, 0.05) is 12.6 Å². The van der Waals surface area contributed by atoms with Crippen molar-refractivity contribution in [1.82, 2.24) is 0 Å². The molecule has 0 saturated carbocycles. The molecule has 0 radical (unpaired) electrons. The third-order valence-corrected chi connectivity index (χ3v) is 7.80. The predicted molar refractivity (Wildman–Crippen MR) is 168 cm³/mol. The van der Waals surface area contributed by atoms with Crippen molar-refractivity contribution < 1.29 is 19.2 Å². The summed E-state index contributed by atoms with van der Waals surface area (Å²) in [4.78, 5) is 27.1. The Kier molecular flexibility index (Phi) is 12.2. The molecule has 4 rings (SSSR count). The van der Waals surface area contributed by atoms with Crippen LogP contribution in [-0.2, 0) is 0 Å². The monoisotopic (exact) mass is 572 g/mol. The van der Waals surface area contributed by atoms with Crippen LogP contribution in [0.5, 0.6) is 23.0 Å². The SMILES string of the molecule is CCCCCCCCCCCCCCCCN1C(=O)c2c(cc(Oc3ccccc3)cc2[N+](=O)[O-])Oc2ccccc21. The topological polar surface area (TPSA) is 81.9 Å². The number of fused-ring (bicyclic) bond motifs is 2. The first kappa shape index (κ1) is 31.1. The molecule has 224 valence electrons. The molecule has 3 aromatic rings. The van der Waals surface area contributed by atoms with Crippen LogP contribution in [0.15, 0.2) is 66.7 Å². The lowest BCUT2D eigenvalue weighted by Crippen LogP contribution is -2.31. The third-order valence-electron chi connectivity index (χ3n) is 7.80. The quantitative estimate of drug-likeness (QED) is 0.0860. The van der Waals surface area contributed by atoms with Crippen molar-refractivity contribution in [2.75, 3.05) is 11.4 Å². The highest BCUT2D eigenvalue weighted by Crippen LogP contribution is 2.44. The molecule has 0 spiro atoms. The molecule has 0 bridgehead atoms. The summed E-state index contributed by atoms with van der Waals surface area (Å²) < 4.78 is 12.0. The maximum absolute atomic E-state index is 13.9. The Morgan fingerprint density at radius 1 is 0.714 bits per heavy atom. The highest BCUT2D eigenvalue weighted by Gasteiger charge is 2.35. The minimum absolute atomic E-state index is 0.0537. The van der Waals surface area contributed by atoms with E-state index in [1.165, 1.54) is 76.7 Å². The number of ether oxygens (including phenoxy) is 2. The third kappa shape index (κ3) is 8.81. The highest BCUT2D eigenvalue weighted by atomic mass is 16.6. The molecule has 7 nitrogen and oxygen atoms in total. The van der Waals surface area contributed by atoms with Crippen LogP contribution in [0, 0.1) is 10.1 Å². The van der Waals surface area contributed by atoms with E-state index in [1.807, 2.05) is 36.4 Å². The van der Waals surface area contributed by atoms with Crippen LogP contribution in [0.3, 0.4) is 0 Å². The van der Waals surface area contributed by atoms with Gasteiger partial charge in [-0.1, -0.05) is 121 Å². The normalized spacial score (nSPS) is 12.3. The van der Waals surface area contributed by atoms with Crippen LogP contribution in [0.4, 0.5) is 11.4 Å². The number of benzene rings is 3. The van der Waals surface area contributed by atoms with Crippen LogP contribution in [0.1, 0.15) is 107 Å². The number of nitro groups is 1. The first-order chi connectivity index (χ1) is 20.6. The Morgan fingerprint density at radius 3 is 1.90 bits per heavy atom. The summed E-state index contributed by atoms with van der Waals surface area (Å²) in [5, 5.41) is 12.1. The van der Waals surface area contributed by atoms with E-state index in [0.29, 0.717) is 23.7 Å². The van der Waals surface area contributed by atoms with Gasteiger partial charge in [0.05, 0.1) is 16.7 Å². The van der Waals surface area contributed by atoms with Crippen LogP contribution < -0.4 is 14.4 Å². The standard InChI is InChI=1S/C35H44N2O5/c1-2-3-4-5-6-7-8-9-10-11-12-13-14-20-25-36-30-23-18-19-24-32(30)42-33-27-29(41-28-21-16-15-17-22-28)26-31(37(39)40)34(33)35(36)38/h15-19,21-24,26-27H,2-14,20,25H2,1H3. The number of carbonyl (C=O) groups excluding carboxylic acids is 1. The zero-order chi connectivity index (χ0) is 29.6. The van der Waals surface area contributed by atoms with Gasteiger partial charge in [-0.05, 0) is 30.7 Å². The summed E-state index contributed by atoms with van der Waals surface area (Å²) >= 11 is 0. The lowest BCUT2D eigenvalue weighted by molar-refractivity contribution is -0.385. The molecule has 0 aliphatic carbocycles. The fourth-order valence-corrected chi connectivity index (χ4v) is 5.51. The number of amides is 1. The summed E-state index contributed by atoms with van der Waals surface area (Å²) in [7, 11) is 0. The van der Waals surface area contributed by atoms with Gasteiger partial charge in [0.15, 0.2) is 17.1 Å². The van der Waals surface area contributed by atoms with Gasteiger partial charge in [0.25, 0.3) is 11.6 Å². The van der Waals surface area contributed by atoms with Crippen LogP contribution in [-0.4, -0.2) is 17.4 Å². The molecule has 1 amide bonds. The summed E-state index contributed by atoms with van der Waals surface area (Å²) in [6.07, 6.45) is 17.5. The van der Waals surface area contributed by atoms with Gasteiger partial charge < -0.3 is 14.4 Å². The predicted octanol–water partition coefficient (Wildman–Crippen LogP) is 10.6. The van der Waals surface area contributed by atoms with Gasteiger partial charge in [-0.25, -0.2) is 0 Å². The average Bonchev–Trinajstić information content (AvgIpc) is 3.11. The van der Waals surface area contributed by atoms with E-state index in [-0.39, 0.29) is 22.7 Å². The van der Waals surface area contributed by atoms with Crippen molar-refractivity contribution in [3.8, 4) is 23.0 Å². The maximum Gasteiger partial charge on any atom is 0.289 e. The summed E-state index contributed by atoms with van der Waals surface area (Å²) in [6, 6.07) is 19.2. The van der Waals surface area contributed by atoms with Crippen LogP contribution in [0.25, 0.3) is 0 Å². The van der Waals surface area contributed by atoms with Gasteiger partial charge in [0.2, 0.25) is 0 Å². The Bertz CT molecular complexity index is 1290. The Hall–Kier alpha value is -3.87. The Labute approximate surface area is 250 Å². The first-order valence-electron chi connectivity index (χ1n) is 15.7. The smallest absolute Gasteiger partial charge is 0.289 e. The minimum atomic E-state index is -0.543. The molecule has 42 heavy (non-hydrogen) atoms. The molecule has 0 aromatic heterocycles. The number of carbonyl (C=O) groups is 1. The molecule has 0 N–H and O–H groups in total. The summed E-state index contributed by atoms with van der Waals surface area (Å²) in [6.45, 7) is 2.73. The molecular formula is C35H44N2O5. The Balaban J connectivity index is 1.34. The van der Waals surface area contributed by atoms with Gasteiger partial charge in [-0.3, -0.25) is 14.9 Å². The van der Waals surface area contributed by atoms with Gasteiger partial charge >= 0.3 is 0 Å². The van der Waals surface area contributed by atoms with Crippen molar-refractivity contribution in [1.29, 1.82) is 0 Å². The lowest BCUT2D eigenvalue weighted by Gasteiger charge is -2.22. The van der Waals surface area contributed by atoms with Gasteiger partial charge in [0.1, 0.15) is 11.5 Å². The van der Waals surface area contributed by atoms with Crippen molar-refractivity contribution in [2.24, 2.45) is 0 Å². The largest absolute Gasteiger partial charge is 0.457 e. The number of nitro benzene ring substituents is 1. The molecule has 1 aliphatic rings. The molecular weight excluding hydrogens is 528 g/mol. The summed E-state index contributed by atoms with van der Waals surface area (Å²) in [5.74, 6) is 0.948. The fraction of sp³-hybridized carbons (Fsp3) is 0.457. The molecule has 1 aliphatic heterocycles. The van der Waals surface area contributed by atoms with E-state index in [1.54, 1.807) is 29.2 Å². The minimum Gasteiger partial charge on any atom is -0.457 e. The molecule has 3 aromatic carbocycles. The van der Waals surface area contributed by atoms with E-state index in [2.05, 4.69) is 6.92 Å². The highest BCUT2D eigenvalue weighted by molar-refractivity contribution is 6.12. The average molecular weight is 573 g/mol. The second-order valence-corrected chi connectivity index (χ2v) is 11.1. The number of para-hydroxylation sites is 3. The molecule has 1 heterocycles. The van der Waals surface area contributed by atoms with Crippen molar-refractivity contribution in [2.45, 2.75) is 96.8 Å². The zero-order valence-electron chi connectivity index (χ0n) is 24.9. The van der Waals surface area contributed by atoms with E-state index in [0.717, 1.165) is 19.3 Å². The number of nitrogens with zero attached hydrogens (tertiary/aromatic N) is 2. The number of rotatable bonds is 18. The molecule has 0 fully saturated rings. The van der Waals surface area contributed by atoms with E-state index in [9.17, 15) is 14.9 Å². The molecule has 0 saturated heterocycles. The first-order valence-corrected chi connectivity index (χ1v) is 15.7.